The largest absolute Gasteiger partial charge is 0.492 e. The van der Waals surface area contributed by atoms with E-state index in [4.69, 9.17) is 15.1 Å². The minimum absolute atomic E-state index is 0.0239. The van der Waals surface area contributed by atoms with Crippen LogP contribution in [0.2, 0.25) is 0 Å². The lowest BCUT2D eigenvalue weighted by Crippen LogP contribution is -2.14. The third-order valence-corrected chi connectivity index (χ3v) is 3.08. The van der Waals surface area contributed by atoms with Crippen LogP contribution in [0.3, 0.4) is 0 Å². The van der Waals surface area contributed by atoms with E-state index < -0.39 is 15.8 Å². The zero-order chi connectivity index (χ0) is 13.6. The molecule has 0 amide bonds. The number of ether oxygens (including phenoxy) is 1. The van der Waals surface area contributed by atoms with Gasteiger partial charge in [0.15, 0.2) is 0 Å². The van der Waals surface area contributed by atoms with Crippen LogP contribution in [-0.4, -0.2) is 15.0 Å². The van der Waals surface area contributed by atoms with Crippen LogP contribution in [0.25, 0.3) is 0 Å². The molecule has 0 fully saturated rings. The number of unbranched alkanes of at least 4 members (excludes halogenated alkanes) is 2. The zero-order valence-corrected chi connectivity index (χ0v) is 10.4. The quantitative estimate of drug-likeness (QED) is 0.795. The van der Waals surface area contributed by atoms with E-state index >= 15 is 0 Å². The van der Waals surface area contributed by atoms with Gasteiger partial charge in [-0.25, -0.2) is 17.9 Å². The number of nitrogens with zero attached hydrogens (tertiary/aromatic N) is 1. The molecule has 0 spiro atoms. The highest BCUT2D eigenvalue weighted by Gasteiger charge is 2.16. The molecule has 18 heavy (non-hydrogen) atoms. The molecule has 5 nitrogen and oxygen atoms in total. The molecule has 0 radical (unpaired) electrons. The van der Waals surface area contributed by atoms with Crippen molar-refractivity contribution in [2.24, 2.45) is 5.14 Å². The van der Waals surface area contributed by atoms with Crippen LogP contribution in [0.4, 0.5) is 4.39 Å². The zero-order valence-electron chi connectivity index (χ0n) is 9.60. The number of sulfonamides is 1. The molecule has 0 saturated carbocycles. The first kappa shape index (κ1) is 14.4. The molecule has 0 aromatic heterocycles. The molecule has 0 unspecified atom stereocenters. The van der Waals surface area contributed by atoms with Crippen molar-refractivity contribution in [3.63, 3.8) is 0 Å². The molecule has 0 atom stereocenters. The number of nitriles is 1. The summed E-state index contributed by atoms with van der Waals surface area (Å²) in [6.45, 7) is 0.246. The minimum Gasteiger partial charge on any atom is -0.492 e. The van der Waals surface area contributed by atoms with Gasteiger partial charge in [-0.15, -0.1) is 0 Å². The van der Waals surface area contributed by atoms with E-state index in [0.29, 0.717) is 19.3 Å². The van der Waals surface area contributed by atoms with Gasteiger partial charge >= 0.3 is 0 Å². The minimum atomic E-state index is -4.02. The lowest BCUT2D eigenvalue weighted by molar-refractivity contribution is 0.299. The predicted molar refractivity (Wildman–Crippen MR) is 62.7 cm³/mol. The smallest absolute Gasteiger partial charge is 0.241 e. The van der Waals surface area contributed by atoms with Gasteiger partial charge in [-0.2, -0.15) is 5.26 Å². The Balaban J connectivity index is 2.74. The number of nitrogens with two attached hydrogens (primary N) is 1. The average molecular weight is 272 g/mol. The number of rotatable bonds is 6. The summed E-state index contributed by atoms with van der Waals surface area (Å²) in [6.07, 6.45) is 1.67. The summed E-state index contributed by atoms with van der Waals surface area (Å²) in [7, 11) is -4.02. The molecule has 0 aliphatic heterocycles. The fourth-order valence-electron chi connectivity index (χ4n) is 1.31. The summed E-state index contributed by atoms with van der Waals surface area (Å²) in [6, 6.07) is 5.13. The Hall–Kier alpha value is -1.65. The van der Waals surface area contributed by atoms with Crippen LogP contribution < -0.4 is 9.88 Å². The third kappa shape index (κ3) is 4.31. The van der Waals surface area contributed by atoms with Crippen LogP contribution in [0.5, 0.6) is 5.75 Å². The first-order valence-corrected chi connectivity index (χ1v) is 6.82. The van der Waals surface area contributed by atoms with Gasteiger partial charge in [-0.3, -0.25) is 0 Å². The van der Waals surface area contributed by atoms with Crippen molar-refractivity contribution in [1.29, 1.82) is 5.26 Å². The van der Waals surface area contributed by atoms with Gasteiger partial charge in [0.1, 0.15) is 16.5 Å². The van der Waals surface area contributed by atoms with E-state index in [1.54, 1.807) is 0 Å². The lowest BCUT2D eigenvalue weighted by atomic mass is 10.2. The fraction of sp³-hybridized carbons (Fsp3) is 0.364. The molecule has 1 rings (SSSR count). The number of benzene rings is 1. The van der Waals surface area contributed by atoms with Crippen LogP contribution in [-0.2, 0) is 10.0 Å². The van der Waals surface area contributed by atoms with Crippen molar-refractivity contribution >= 4 is 10.0 Å². The maximum absolute atomic E-state index is 13.0. The molecule has 1 aromatic carbocycles. The maximum atomic E-state index is 13.0. The number of hydrogen-bond donors (Lipinski definition) is 1. The average Bonchev–Trinajstić information content (AvgIpc) is 2.29. The van der Waals surface area contributed by atoms with Crippen molar-refractivity contribution in [3.05, 3.63) is 24.0 Å². The first-order chi connectivity index (χ1) is 8.45. The molecule has 98 valence electrons. The monoisotopic (exact) mass is 272 g/mol. The molecule has 0 aliphatic carbocycles. The first-order valence-electron chi connectivity index (χ1n) is 5.27. The molecule has 0 saturated heterocycles. The van der Waals surface area contributed by atoms with Gasteiger partial charge in [-0.05, 0) is 31.0 Å². The maximum Gasteiger partial charge on any atom is 0.241 e. The van der Waals surface area contributed by atoms with Crippen LogP contribution in [0.1, 0.15) is 19.3 Å². The Bertz CT molecular complexity index is 552. The highest BCUT2D eigenvalue weighted by atomic mass is 32.2. The van der Waals surface area contributed by atoms with E-state index in [2.05, 4.69) is 0 Å². The molecule has 0 aliphatic rings. The molecule has 0 bridgehead atoms. The van der Waals surface area contributed by atoms with E-state index in [1.165, 1.54) is 6.07 Å². The highest BCUT2D eigenvalue weighted by Crippen LogP contribution is 2.23. The normalized spacial score (nSPS) is 10.9. The summed E-state index contributed by atoms with van der Waals surface area (Å²) in [4.78, 5) is -0.372. The van der Waals surface area contributed by atoms with Crippen LogP contribution in [0.15, 0.2) is 23.1 Å². The Kier molecular flexibility index (Phi) is 5.07. The number of primary sulfonamides is 1. The third-order valence-electron chi connectivity index (χ3n) is 2.15. The fourth-order valence-corrected chi connectivity index (χ4v) is 2.00. The molecule has 0 heterocycles. The SMILES string of the molecule is N#CCCCCOc1ccc(F)cc1S(N)(=O)=O. The molecular weight excluding hydrogens is 259 g/mol. The van der Waals surface area contributed by atoms with Crippen molar-refractivity contribution in [2.75, 3.05) is 6.61 Å². The Morgan fingerprint density at radius 3 is 2.72 bits per heavy atom. The van der Waals surface area contributed by atoms with Crippen LogP contribution >= 0.6 is 0 Å². The predicted octanol–water partition coefficient (Wildman–Crippen LogP) is 1.55. The highest BCUT2D eigenvalue weighted by molar-refractivity contribution is 7.89. The molecule has 7 heteroatoms. The van der Waals surface area contributed by atoms with Crippen molar-refractivity contribution < 1.29 is 17.5 Å². The van der Waals surface area contributed by atoms with Crippen molar-refractivity contribution in [1.82, 2.24) is 0 Å². The van der Waals surface area contributed by atoms with Gasteiger partial charge in [0.25, 0.3) is 0 Å². The number of halogens is 1. The van der Waals surface area contributed by atoms with Gasteiger partial charge < -0.3 is 4.74 Å². The summed E-state index contributed by atoms with van der Waals surface area (Å²) < 4.78 is 40.6. The van der Waals surface area contributed by atoms with Gasteiger partial charge in [0.05, 0.1) is 12.7 Å². The number of hydrogen-bond acceptors (Lipinski definition) is 4. The second kappa shape index (κ2) is 6.33. The van der Waals surface area contributed by atoms with Gasteiger partial charge in [-0.1, -0.05) is 0 Å². The molecule has 1 aromatic rings. The summed E-state index contributed by atoms with van der Waals surface area (Å²) in [5.41, 5.74) is 0. The topological polar surface area (TPSA) is 93.2 Å². The Morgan fingerprint density at radius 1 is 1.39 bits per heavy atom. The van der Waals surface area contributed by atoms with Gasteiger partial charge in [0, 0.05) is 6.42 Å². The summed E-state index contributed by atoms with van der Waals surface area (Å²) in [5.74, 6) is -0.674. The van der Waals surface area contributed by atoms with Crippen molar-refractivity contribution in [3.8, 4) is 11.8 Å². The Labute approximate surface area is 105 Å². The molecular formula is C11H13FN2O3S. The second-order valence-electron chi connectivity index (χ2n) is 3.60. The standard InChI is InChI=1S/C11H13FN2O3S/c12-9-4-5-10(11(8-9)18(14,15)16)17-7-3-1-2-6-13/h4-5,8H,1-3,7H2,(H2,14,15,16). The summed E-state index contributed by atoms with van der Waals surface area (Å²) in [5, 5.41) is 13.3. The van der Waals surface area contributed by atoms with E-state index in [0.717, 1.165) is 12.1 Å². The lowest BCUT2D eigenvalue weighted by Gasteiger charge is -2.09. The molecule has 2 N–H and O–H groups in total. The van der Waals surface area contributed by atoms with Crippen LogP contribution in [0, 0.1) is 17.1 Å². The van der Waals surface area contributed by atoms with Crippen molar-refractivity contribution in [2.45, 2.75) is 24.2 Å². The second-order valence-corrected chi connectivity index (χ2v) is 5.13. The summed E-state index contributed by atoms with van der Waals surface area (Å²) >= 11 is 0. The van der Waals surface area contributed by atoms with Gasteiger partial charge in [0.2, 0.25) is 10.0 Å². The van der Waals surface area contributed by atoms with E-state index in [9.17, 15) is 12.8 Å². The van der Waals surface area contributed by atoms with E-state index in [1.807, 2.05) is 6.07 Å². The van der Waals surface area contributed by atoms with E-state index in [-0.39, 0.29) is 17.3 Å². The Morgan fingerprint density at radius 2 is 2.11 bits per heavy atom.